The van der Waals surface area contributed by atoms with Crippen LogP contribution in [0.3, 0.4) is 0 Å². The second-order valence-corrected chi connectivity index (χ2v) is 13.5. The lowest BCUT2D eigenvalue weighted by Crippen LogP contribution is -2.29. The fourth-order valence-electron chi connectivity index (χ4n) is 6.58. The van der Waals surface area contributed by atoms with E-state index in [4.69, 9.17) is 0 Å². The highest BCUT2D eigenvalue weighted by atomic mass is 16.4. The standard InChI is InChI=1S/C39H51N3O2/c1-8-26-41(31-18-11-10-12-19-31)34(38(3,4)5)24-22-29-16-15-17-30(37(29)40-28-36(43)44)23-25-35-39(6,7)32-20-13-14-21-33(32)42(35)27-9-2/h10-14,18-25H,8-9,15-17,26-28H2,1-7H3,(H,43,44)/p+1/b30-23+,35-25-. The first-order chi connectivity index (χ1) is 21.0. The summed E-state index contributed by atoms with van der Waals surface area (Å²) in [7, 11) is 0. The summed E-state index contributed by atoms with van der Waals surface area (Å²) in [6.07, 6.45) is 14.0. The minimum atomic E-state index is -0.856. The number of carboxylic acids is 1. The van der Waals surface area contributed by atoms with Gasteiger partial charge in [-0.1, -0.05) is 97.0 Å². The molecule has 0 aromatic heterocycles. The molecule has 2 aromatic carbocycles. The van der Waals surface area contributed by atoms with Crippen molar-refractivity contribution >= 4 is 23.1 Å². The first-order valence-corrected chi connectivity index (χ1v) is 16.3. The molecule has 0 spiro atoms. The number of para-hydroxylation sites is 2. The molecule has 1 heterocycles. The van der Waals surface area contributed by atoms with Gasteiger partial charge < -0.3 is 15.3 Å². The fraction of sp³-hybridized carbons (Fsp3) is 0.436. The molecule has 2 N–H and O–H groups in total. The molecule has 2 aromatic rings. The third-order valence-electron chi connectivity index (χ3n) is 8.66. The van der Waals surface area contributed by atoms with E-state index < -0.39 is 5.97 Å². The number of hydrogen-bond acceptors (Lipinski definition) is 3. The van der Waals surface area contributed by atoms with Gasteiger partial charge in [-0.15, -0.1) is 0 Å². The summed E-state index contributed by atoms with van der Waals surface area (Å²) >= 11 is 0. The number of hydrogen-bond donors (Lipinski definition) is 2. The highest BCUT2D eigenvalue weighted by Crippen LogP contribution is 2.47. The molecule has 1 aliphatic heterocycles. The van der Waals surface area contributed by atoms with Crippen LogP contribution in [0.15, 0.2) is 101 Å². The van der Waals surface area contributed by atoms with E-state index in [0.717, 1.165) is 56.5 Å². The highest BCUT2D eigenvalue weighted by Gasteiger charge is 2.39. The minimum absolute atomic E-state index is 0.0831. The van der Waals surface area contributed by atoms with Gasteiger partial charge in [-0.3, -0.25) is 4.79 Å². The molecule has 234 valence electrons. The normalized spacial score (nSPS) is 19.1. The van der Waals surface area contributed by atoms with Crippen LogP contribution in [-0.4, -0.2) is 41.0 Å². The molecule has 0 unspecified atom stereocenters. The molecule has 0 saturated heterocycles. The average molecular weight is 595 g/mol. The van der Waals surface area contributed by atoms with Gasteiger partial charge in [-0.25, -0.2) is 0 Å². The maximum absolute atomic E-state index is 11.7. The molecule has 0 bridgehead atoms. The van der Waals surface area contributed by atoms with Crippen molar-refractivity contribution in [3.63, 3.8) is 0 Å². The van der Waals surface area contributed by atoms with E-state index in [2.05, 4.69) is 142 Å². The molecule has 4 rings (SSSR count). The number of benzene rings is 2. The zero-order valence-electron chi connectivity index (χ0n) is 27.9. The largest absolute Gasteiger partial charge is 0.480 e. The Labute approximate surface area is 265 Å². The number of fused-ring (bicyclic) bond motifs is 1. The Morgan fingerprint density at radius 1 is 1.00 bits per heavy atom. The van der Waals surface area contributed by atoms with E-state index in [1.54, 1.807) is 0 Å². The molecule has 44 heavy (non-hydrogen) atoms. The molecule has 0 saturated carbocycles. The van der Waals surface area contributed by atoms with Crippen molar-refractivity contribution in [1.29, 1.82) is 0 Å². The number of carbonyl (C=O) groups is 1. The number of anilines is 1. The lowest BCUT2D eigenvalue weighted by molar-refractivity contribution is -0.443. The summed E-state index contributed by atoms with van der Waals surface area (Å²) in [5, 5.41) is 12.9. The molecular weight excluding hydrogens is 542 g/mol. The number of aliphatic carboxylic acids is 1. The fourth-order valence-corrected chi connectivity index (χ4v) is 6.58. The van der Waals surface area contributed by atoms with Gasteiger partial charge in [0.25, 0.3) is 0 Å². The van der Waals surface area contributed by atoms with Gasteiger partial charge in [-0.2, -0.15) is 4.58 Å². The minimum Gasteiger partial charge on any atom is -0.480 e. The Balaban J connectivity index is 1.82. The van der Waals surface area contributed by atoms with Gasteiger partial charge in [0.05, 0.1) is 0 Å². The van der Waals surface area contributed by atoms with Crippen LogP contribution in [0.2, 0.25) is 0 Å². The number of rotatable bonds is 11. The van der Waals surface area contributed by atoms with E-state index >= 15 is 0 Å². The van der Waals surface area contributed by atoms with E-state index in [-0.39, 0.29) is 17.4 Å². The Hall–Kier alpha value is -3.86. The first-order valence-electron chi connectivity index (χ1n) is 16.3. The van der Waals surface area contributed by atoms with Crippen LogP contribution in [0.1, 0.15) is 86.1 Å². The quantitative estimate of drug-likeness (QED) is 0.201. The second-order valence-electron chi connectivity index (χ2n) is 13.5. The molecule has 2 aliphatic rings. The molecule has 5 nitrogen and oxygen atoms in total. The molecule has 0 radical (unpaired) electrons. The SMILES string of the molecule is CCCN1/C(=C\C=C2/CCCC(/C=C/C(=[N+](CCC)c3ccccc3)C(C)(C)C)=C2NCC(=O)O)C(C)(C)c2ccccc21. The number of carboxylic acid groups (broad SMARTS) is 1. The third kappa shape index (κ3) is 7.43. The Morgan fingerprint density at radius 2 is 1.70 bits per heavy atom. The van der Waals surface area contributed by atoms with E-state index in [9.17, 15) is 9.90 Å². The van der Waals surface area contributed by atoms with Crippen LogP contribution >= 0.6 is 0 Å². The van der Waals surface area contributed by atoms with Crippen molar-refractivity contribution in [3.8, 4) is 0 Å². The van der Waals surface area contributed by atoms with Crippen LogP contribution < -0.4 is 10.2 Å². The first kappa shape index (κ1) is 33.0. The van der Waals surface area contributed by atoms with Crippen LogP contribution in [0.4, 0.5) is 11.4 Å². The summed E-state index contributed by atoms with van der Waals surface area (Å²) in [5.41, 5.74) is 9.44. The molecule has 5 heteroatoms. The maximum Gasteiger partial charge on any atom is 0.322 e. The van der Waals surface area contributed by atoms with Gasteiger partial charge in [0.2, 0.25) is 5.69 Å². The lowest BCUT2D eigenvalue weighted by Gasteiger charge is -2.27. The average Bonchev–Trinajstić information content (AvgIpc) is 3.20. The van der Waals surface area contributed by atoms with Crippen molar-refractivity contribution in [3.05, 3.63) is 107 Å². The highest BCUT2D eigenvalue weighted by molar-refractivity contribution is 5.96. The lowest BCUT2D eigenvalue weighted by atomic mass is 9.83. The smallest absolute Gasteiger partial charge is 0.322 e. The summed E-state index contributed by atoms with van der Waals surface area (Å²) in [6.45, 7) is 17.6. The summed E-state index contributed by atoms with van der Waals surface area (Å²) in [6, 6.07) is 19.3. The van der Waals surface area contributed by atoms with Crippen LogP contribution in [0.5, 0.6) is 0 Å². The molecule has 0 amide bonds. The summed E-state index contributed by atoms with van der Waals surface area (Å²) < 4.78 is 2.42. The monoisotopic (exact) mass is 594 g/mol. The predicted molar refractivity (Wildman–Crippen MR) is 185 cm³/mol. The van der Waals surface area contributed by atoms with Crippen LogP contribution in [0.25, 0.3) is 0 Å². The topological polar surface area (TPSA) is 55.6 Å². The van der Waals surface area contributed by atoms with Gasteiger partial charge in [0.15, 0.2) is 5.71 Å². The van der Waals surface area contributed by atoms with Gasteiger partial charge in [0, 0.05) is 59.1 Å². The Bertz CT molecular complexity index is 1480. The molecule has 1 aliphatic carbocycles. The Morgan fingerprint density at radius 3 is 2.36 bits per heavy atom. The van der Waals surface area contributed by atoms with E-state index in [1.165, 1.54) is 33.9 Å². The van der Waals surface area contributed by atoms with Gasteiger partial charge in [-0.05, 0) is 54.5 Å². The van der Waals surface area contributed by atoms with Crippen molar-refractivity contribution in [2.45, 2.75) is 86.0 Å². The molecular formula is C39H52N3O2+. The van der Waals surface area contributed by atoms with Crippen LogP contribution in [0, 0.1) is 5.41 Å². The maximum atomic E-state index is 11.7. The predicted octanol–water partition coefficient (Wildman–Crippen LogP) is 8.91. The summed E-state index contributed by atoms with van der Waals surface area (Å²) in [4.78, 5) is 14.2. The number of allylic oxidation sites excluding steroid dienone is 7. The zero-order valence-corrected chi connectivity index (χ0v) is 27.9. The Kier molecular flexibility index (Phi) is 10.7. The van der Waals surface area contributed by atoms with Gasteiger partial charge in [0.1, 0.15) is 13.1 Å². The van der Waals surface area contributed by atoms with E-state index in [1.807, 2.05) is 0 Å². The zero-order chi connectivity index (χ0) is 31.9. The van der Waals surface area contributed by atoms with Crippen molar-refractivity contribution in [2.75, 3.05) is 24.5 Å². The number of nitrogens with zero attached hydrogens (tertiary/aromatic N) is 2. The summed E-state index contributed by atoms with van der Waals surface area (Å²) in [5.74, 6) is -0.856. The third-order valence-corrected chi connectivity index (χ3v) is 8.66. The van der Waals surface area contributed by atoms with E-state index in [0.29, 0.717) is 0 Å². The van der Waals surface area contributed by atoms with Crippen molar-refractivity contribution in [2.24, 2.45) is 5.41 Å². The number of nitrogens with one attached hydrogen (secondary N) is 1. The van der Waals surface area contributed by atoms with Crippen molar-refractivity contribution < 1.29 is 14.5 Å². The molecule has 0 fully saturated rings. The molecule has 0 atom stereocenters. The second kappa shape index (κ2) is 14.3. The van der Waals surface area contributed by atoms with Crippen LogP contribution in [-0.2, 0) is 10.2 Å². The van der Waals surface area contributed by atoms with Gasteiger partial charge >= 0.3 is 5.97 Å². The van der Waals surface area contributed by atoms with Crippen molar-refractivity contribution in [1.82, 2.24) is 5.32 Å².